The first-order valence-electron chi connectivity index (χ1n) is 6.09. The second-order valence-electron chi connectivity index (χ2n) is 5.35. The smallest absolute Gasteiger partial charge is 0.221 e. The third-order valence-corrected chi connectivity index (χ3v) is 3.08. The van der Waals surface area contributed by atoms with Crippen LogP contribution >= 0.6 is 11.6 Å². The lowest BCUT2D eigenvalue weighted by Crippen LogP contribution is -2.38. The summed E-state index contributed by atoms with van der Waals surface area (Å²) < 4.78 is 0. The average molecular weight is 269 g/mol. The number of nitrogens with two attached hydrogens (primary N) is 1. The van der Waals surface area contributed by atoms with E-state index in [-0.39, 0.29) is 17.4 Å². The number of amides is 1. The van der Waals surface area contributed by atoms with Crippen molar-refractivity contribution in [3.05, 3.63) is 34.9 Å². The minimum atomic E-state index is -0.154. The van der Waals surface area contributed by atoms with Gasteiger partial charge in [-0.2, -0.15) is 0 Å². The van der Waals surface area contributed by atoms with E-state index in [1.54, 1.807) is 0 Å². The molecule has 1 aromatic carbocycles. The molecule has 3 N–H and O–H groups in total. The quantitative estimate of drug-likeness (QED) is 0.862. The summed E-state index contributed by atoms with van der Waals surface area (Å²) in [5.41, 5.74) is 6.54. The molecule has 1 rings (SSSR count). The summed E-state index contributed by atoms with van der Waals surface area (Å²) in [6.07, 6.45) is 0.353. The molecule has 0 heterocycles. The molecule has 100 valence electrons. The Kier molecular flexibility index (Phi) is 5.17. The maximum atomic E-state index is 11.6. The Morgan fingerprint density at radius 3 is 2.72 bits per heavy atom. The van der Waals surface area contributed by atoms with Gasteiger partial charge in [-0.05, 0) is 24.6 Å². The number of hydrogen-bond acceptors (Lipinski definition) is 2. The van der Waals surface area contributed by atoms with Gasteiger partial charge < -0.3 is 11.1 Å². The van der Waals surface area contributed by atoms with Crippen molar-refractivity contribution in [2.45, 2.75) is 38.6 Å². The molecular formula is C14H21ClN2O. The van der Waals surface area contributed by atoms with Crippen molar-refractivity contribution in [2.24, 2.45) is 5.73 Å². The van der Waals surface area contributed by atoms with E-state index < -0.39 is 0 Å². The van der Waals surface area contributed by atoms with Crippen molar-refractivity contribution in [1.82, 2.24) is 5.32 Å². The van der Waals surface area contributed by atoms with Crippen molar-refractivity contribution in [3.63, 3.8) is 0 Å². The lowest BCUT2D eigenvalue weighted by Gasteiger charge is -2.26. The number of rotatable bonds is 5. The molecule has 1 aromatic rings. The maximum Gasteiger partial charge on any atom is 0.221 e. The Bertz CT molecular complexity index is 416. The highest BCUT2D eigenvalue weighted by atomic mass is 35.5. The monoisotopic (exact) mass is 268 g/mol. The maximum absolute atomic E-state index is 11.6. The Hall–Kier alpha value is -1.06. The van der Waals surface area contributed by atoms with Crippen molar-refractivity contribution in [1.29, 1.82) is 0 Å². The Labute approximate surface area is 114 Å². The first-order valence-corrected chi connectivity index (χ1v) is 6.47. The van der Waals surface area contributed by atoms with Crippen molar-refractivity contribution in [3.8, 4) is 0 Å². The van der Waals surface area contributed by atoms with Gasteiger partial charge in [0.2, 0.25) is 5.91 Å². The molecule has 0 aliphatic heterocycles. The van der Waals surface area contributed by atoms with E-state index in [0.717, 1.165) is 5.56 Å². The number of carbonyl (C=O) groups excluding carboxylic acids is 1. The van der Waals surface area contributed by atoms with Crippen LogP contribution in [0.1, 0.15) is 32.8 Å². The highest BCUT2D eigenvalue weighted by molar-refractivity contribution is 6.30. The zero-order chi connectivity index (χ0) is 13.8. The summed E-state index contributed by atoms with van der Waals surface area (Å²) in [5, 5.41) is 3.62. The molecule has 3 nitrogen and oxygen atoms in total. The molecule has 1 amide bonds. The molecule has 0 aliphatic carbocycles. The van der Waals surface area contributed by atoms with Gasteiger partial charge in [0.25, 0.3) is 0 Å². The van der Waals surface area contributed by atoms with Crippen molar-refractivity contribution in [2.75, 3.05) is 6.54 Å². The fourth-order valence-electron chi connectivity index (χ4n) is 1.70. The van der Waals surface area contributed by atoms with E-state index in [1.807, 2.05) is 31.2 Å². The molecule has 4 heteroatoms. The van der Waals surface area contributed by atoms with Crippen LogP contribution in [0.25, 0.3) is 0 Å². The number of carbonyl (C=O) groups is 1. The van der Waals surface area contributed by atoms with Crippen LogP contribution in [-0.2, 0) is 10.2 Å². The third-order valence-electron chi connectivity index (χ3n) is 2.84. The van der Waals surface area contributed by atoms with E-state index in [9.17, 15) is 4.79 Å². The van der Waals surface area contributed by atoms with Crippen molar-refractivity contribution < 1.29 is 4.79 Å². The van der Waals surface area contributed by atoms with Crippen LogP contribution in [0.15, 0.2) is 24.3 Å². The summed E-state index contributed by atoms with van der Waals surface area (Å²) in [7, 11) is 0. The van der Waals surface area contributed by atoms with Crippen LogP contribution in [0, 0.1) is 0 Å². The van der Waals surface area contributed by atoms with Gasteiger partial charge in [0, 0.05) is 29.4 Å². The van der Waals surface area contributed by atoms with E-state index >= 15 is 0 Å². The summed E-state index contributed by atoms with van der Waals surface area (Å²) >= 11 is 5.98. The number of nitrogens with one attached hydrogen (secondary N) is 1. The molecule has 0 saturated heterocycles. The zero-order valence-corrected chi connectivity index (χ0v) is 11.9. The number of hydrogen-bond donors (Lipinski definition) is 2. The minimum absolute atomic E-state index is 0.0138. The highest BCUT2D eigenvalue weighted by Gasteiger charge is 2.21. The topological polar surface area (TPSA) is 55.1 Å². The van der Waals surface area contributed by atoms with Gasteiger partial charge in [0.05, 0.1) is 0 Å². The van der Waals surface area contributed by atoms with Gasteiger partial charge in [0.15, 0.2) is 0 Å². The lowest BCUT2D eigenvalue weighted by atomic mass is 9.84. The standard InChI is InChI=1S/C14H21ClN2O/c1-10(16)7-13(18)17-9-14(2,3)11-5-4-6-12(15)8-11/h4-6,8,10H,7,9,16H2,1-3H3,(H,17,18). The fraction of sp³-hybridized carbons (Fsp3) is 0.500. The van der Waals surface area contributed by atoms with Crippen LogP contribution in [0.2, 0.25) is 5.02 Å². The fourth-order valence-corrected chi connectivity index (χ4v) is 1.89. The predicted octanol–water partition coefficient (Wildman–Crippen LogP) is 2.47. The van der Waals surface area contributed by atoms with Crippen LogP contribution in [0.4, 0.5) is 0 Å². The summed E-state index contributed by atoms with van der Waals surface area (Å²) in [6.45, 7) is 6.54. The summed E-state index contributed by atoms with van der Waals surface area (Å²) in [4.78, 5) is 11.6. The molecule has 0 fully saturated rings. The average Bonchev–Trinajstić information content (AvgIpc) is 2.26. The molecule has 18 heavy (non-hydrogen) atoms. The molecule has 0 aliphatic rings. The molecule has 0 aromatic heterocycles. The summed E-state index contributed by atoms with van der Waals surface area (Å²) in [5.74, 6) is -0.0138. The van der Waals surface area contributed by atoms with Gasteiger partial charge in [-0.3, -0.25) is 4.79 Å². The summed E-state index contributed by atoms with van der Waals surface area (Å²) in [6, 6.07) is 7.60. The van der Waals surface area contributed by atoms with Crippen LogP contribution in [-0.4, -0.2) is 18.5 Å². The minimum Gasteiger partial charge on any atom is -0.355 e. The van der Waals surface area contributed by atoms with Crippen molar-refractivity contribution >= 4 is 17.5 Å². The molecule has 1 unspecified atom stereocenters. The first kappa shape index (κ1) is 15.0. The number of benzene rings is 1. The van der Waals surface area contributed by atoms with Crippen LogP contribution in [0.5, 0.6) is 0 Å². The second kappa shape index (κ2) is 6.21. The highest BCUT2D eigenvalue weighted by Crippen LogP contribution is 2.24. The van der Waals surface area contributed by atoms with Gasteiger partial charge >= 0.3 is 0 Å². The largest absolute Gasteiger partial charge is 0.355 e. The Balaban J connectivity index is 2.62. The molecule has 0 spiro atoms. The molecule has 0 bridgehead atoms. The van der Waals surface area contributed by atoms with E-state index in [0.29, 0.717) is 18.0 Å². The Morgan fingerprint density at radius 2 is 2.17 bits per heavy atom. The van der Waals surface area contributed by atoms with E-state index in [1.165, 1.54) is 0 Å². The second-order valence-corrected chi connectivity index (χ2v) is 5.79. The zero-order valence-electron chi connectivity index (χ0n) is 11.2. The predicted molar refractivity (Wildman–Crippen MR) is 75.8 cm³/mol. The Morgan fingerprint density at radius 1 is 1.50 bits per heavy atom. The van der Waals surface area contributed by atoms with Gasteiger partial charge in [-0.15, -0.1) is 0 Å². The normalized spacial score (nSPS) is 13.2. The SMILES string of the molecule is CC(N)CC(=O)NCC(C)(C)c1cccc(Cl)c1. The first-order chi connectivity index (χ1) is 8.31. The van der Waals surface area contributed by atoms with Crippen LogP contribution in [0.3, 0.4) is 0 Å². The molecule has 1 atom stereocenters. The molecular weight excluding hydrogens is 248 g/mol. The van der Waals surface area contributed by atoms with E-state index in [2.05, 4.69) is 19.2 Å². The number of halogens is 1. The van der Waals surface area contributed by atoms with Gasteiger partial charge in [0.1, 0.15) is 0 Å². The van der Waals surface area contributed by atoms with Gasteiger partial charge in [-0.25, -0.2) is 0 Å². The van der Waals surface area contributed by atoms with E-state index in [4.69, 9.17) is 17.3 Å². The molecule has 0 saturated carbocycles. The molecule has 0 radical (unpaired) electrons. The third kappa shape index (κ3) is 4.67. The van der Waals surface area contributed by atoms with Crippen LogP contribution < -0.4 is 11.1 Å². The van der Waals surface area contributed by atoms with Gasteiger partial charge in [-0.1, -0.05) is 37.6 Å². The lowest BCUT2D eigenvalue weighted by molar-refractivity contribution is -0.121.